The molecule has 174 valence electrons. The van der Waals surface area contributed by atoms with Gasteiger partial charge in [-0.2, -0.15) is 0 Å². The van der Waals surface area contributed by atoms with Gasteiger partial charge < -0.3 is 17.2 Å². The van der Waals surface area contributed by atoms with E-state index in [9.17, 15) is 13.2 Å². The first-order valence-corrected chi connectivity index (χ1v) is 10.4. The molecule has 3 aromatic rings. The Morgan fingerprint density at radius 2 is 1.59 bits per heavy atom. The van der Waals surface area contributed by atoms with Crippen LogP contribution >= 0.6 is 12.6 Å². The molecule has 5 nitrogen and oxygen atoms in total. The van der Waals surface area contributed by atoms with Gasteiger partial charge in [0, 0.05) is 35.0 Å². The predicted octanol–water partition coefficient (Wildman–Crippen LogP) is 5.72. The van der Waals surface area contributed by atoms with Gasteiger partial charge in [-0.3, -0.25) is 4.98 Å². The van der Waals surface area contributed by atoms with E-state index in [1.54, 1.807) is 6.07 Å². The van der Waals surface area contributed by atoms with Crippen LogP contribution in [0.15, 0.2) is 47.8 Å². The first-order chi connectivity index (χ1) is 15.3. The average Bonchev–Trinajstić information content (AvgIpc) is 2.80. The van der Waals surface area contributed by atoms with Crippen molar-refractivity contribution in [1.82, 2.24) is 9.97 Å². The van der Waals surface area contributed by atoms with E-state index in [2.05, 4.69) is 22.6 Å². The fourth-order valence-electron chi connectivity index (χ4n) is 2.11. The molecule has 0 unspecified atom stereocenters. The summed E-state index contributed by atoms with van der Waals surface area (Å²) in [6.45, 7) is 8.24. The monoisotopic (exact) mass is 465 g/mol. The number of thiol groups is 1. The molecule has 0 aliphatic carbocycles. The molecule has 0 amide bonds. The van der Waals surface area contributed by atoms with E-state index in [0.29, 0.717) is 21.8 Å². The topological polar surface area (TPSA) is 104 Å². The van der Waals surface area contributed by atoms with Gasteiger partial charge >= 0.3 is 0 Å². The second-order valence-corrected chi connectivity index (χ2v) is 6.09. The molecule has 32 heavy (non-hydrogen) atoms. The van der Waals surface area contributed by atoms with E-state index < -0.39 is 11.6 Å². The molecule has 0 fully saturated rings. The van der Waals surface area contributed by atoms with Crippen molar-refractivity contribution in [2.75, 3.05) is 11.5 Å². The van der Waals surface area contributed by atoms with Crippen molar-refractivity contribution in [3.63, 3.8) is 0 Å². The Kier molecular flexibility index (Phi) is 14.2. The summed E-state index contributed by atoms with van der Waals surface area (Å²) >= 11 is 3.85. The maximum atomic E-state index is 13.7. The highest BCUT2D eigenvalue weighted by Gasteiger charge is 2.09. The molecule has 0 spiro atoms. The molecule has 0 bridgehead atoms. The third-order valence-corrected chi connectivity index (χ3v) is 3.78. The first kappa shape index (κ1) is 29.0. The Labute approximate surface area is 193 Å². The van der Waals surface area contributed by atoms with Gasteiger partial charge in [0.2, 0.25) is 0 Å². The molecule has 3 rings (SSSR count). The zero-order valence-corrected chi connectivity index (χ0v) is 19.5. The highest BCUT2D eigenvalue weighted by Crippen LogP contribution is 2.21. The Hall–Kier alpha value is -3.04. The van der Waals surface area contributed by atoms with Crippen LogP contribution in [0.1, 0.15) is 44.4 Å². The maximum Gasteiger partial charge on any atom is 0.156 e. The van der Waals surface area contributed by atoms with Crippen molar-refractivity contribution < 1.29 is 13.2 Å². The SMILES string of the molecule is CC.CC.Fc1cncc(S)c1.NCc1cc(C=Cc2c(F)ccc(N)c2F)cnc1N. The van der Waals surface area contributed by atoms with Crippen molar-refractivity contribution in [3.05, 3.63) is 77.0 Å². The van der Waals surface area contributed by atoms with E-state index >= 15 is 0 Å². The fraction of sp³-hybridized carbons (Fsp3) is 0.217. The smallest absolute Gasteiger partial charge is 0.156 e. The number of halogens is 3. The lowest BCUT2D eigenvalue weighted by molar-refractivity contribution is 0.582. The van der Waals surface area contributed by atoms with Crippen LogP contribution in [-0.4, -0.2) is 9.97 Å². The van der Waals surface area contributed by atoms with Crippen molar-refractivity contribution in [1.29, 1.82) is 0 Å². The Morgan fingerprint density at radius 1 is 0.938 bits per heavy atom. The number of aromatic nitrogens is 2. The molecule has 0 saturated heterocycles. The molecule has 0 aliphatic heterocycles. The van der Waals surface area contributed by atoms with E-state index in [0.717, 1.165) is 12.3 Å². The third kappa shape index (κ3) is 9.40. The second kappa shape index (κ2) is 15.7. The highest BCUT2D eigenvalue weighted by molar-refractivity contribution is 7.80. The lowest BCUT2D eigenvalue weighted by Gasteiger charge is -2.04. The van der Waals surface area contributed by atoms with Crippen LogP contribution in [-0.2, 0) is 6.54 Å². The lowest BCUT2D eigenvalue weighted by atomic mass is 10.1. The minimum Gasteiger partial charge on any atom is -0.396 e. The summed E-state index contributed by atoms with van der Waals surface area (Å²) in [5.74, 6) is -1.48. The molecule has 0 radical (unpaired) electrons. The van der Waals surface area contributed by atoms with E-state index in [4.69, 9.17) is 17.2 Å². The molecule has 0 saturated carbocycles. The number of nitrogens with two attached hydrogens (primary N) is 3. The minimum absolute atomic E-state index is 0.107. The molecule has 2 heterocycles. The van der Waals surface area contributed by atoms with Gasteiger partial charge in [-0.05, 0) is 35.9 Å². The molecule has 0 aliphatic rings. The molecule has 1 aromatic carbocycles. The van der Waals surface area contributed by atoms with Crippen LogP contribution in [0, 0.1) is 17.5 Å². The van der Waals surface area contributed by atoms with Crippen LogP contribution in [0.25, 0.3) is 12.2 Å². The zero-order chi connectivity index (χ0) is 24.7. The van der Waals surface area contributed by atoms with Gasteiger partial charge in [0.05, 0.1) is 11.9 Å². The summed E-state index contributed by atoms with van der Waals surface area (Å²) in [5, 5.41) is 0. The summed E-state index contributed by atoms with van der Waals surface area (Å²) < 4.78 is 39.3. The summed E-state index contributed by atoms with van der Waals surface area (Å²) in [6, 6.07) is 5.31. The number of benzene rings is 1. The van der Waals surface area contributed by atoms with Crippen LogP contribution in [0.3, 0.4) is 0 Å². The minimum atomic E-state index is -0.788. The average molecular weight is 466 g/mol. The van der Waals surface area contributed by atoms with Crippen LogP contribution in [0.5, 0.6) is 0 Å². The number of nitrogens with zero attached hydrogens (tertiary/aromatic N) is 2. The lowest BCUT2D eigenvalue weighted by Crippen LogP contribution is -2.03. The van der Waals surface area contributed by atoms with Gasteiger partial charge in [0.1, 0.15) is 17.5 Å². The van der Waals surface area contributed by atoms with Gasteiger partial charge in [-0.25, -0.2) is 18.2 Å². The maximum absolute atomic E-state index is 13.7. The number of rotatable bonds is 3. The molecule has 9 heteroatoms. The van der Waals surface area contributed by atoms with Crippen molar-refractivity contribution >= 4 is 36.3 Å². The molecular formula is C23H30F3N5S. The highest BCUT2D eigenvalue weighted by atomic mass is 32.1. The zero-order valence-electron chi connectivity index (χ0n) is 18.6. The van der Waals surface area contributed by atoms with E-state index in [1.807, 2.05) is 27.7 Å². The third-order valence-electron chi connectivity index (χ3n) is 3.53. The van der Waals surface area contributed by atoms with Crippen molar-refractivity contribution in [3.8, 4) is 0 Å². The quantitative estimate of drug-likeness (QED) is 0.293. The molecule has 6 N–H and O–H groups in total. The predicted molar refractivity (Wildman–Crippen MR) is 130 cm³/mol. The molecule has 2 aromatic heterocycles. The standard InChI is InChI=1S/C14H14F2N4.C5H4FNS.2C2H6/c15-11-3-4-12(18)13(16)10(11)2-1-8-5-9(6-17)14(19)20-7-8;6-4-1-5(8)3-7-2-4;2*1-2/h1-5,7H,6,17-18H2,(H2,19,20);1-3,8H;2*1-2H3. The van der Waals surface area contributed by atoms with Crippen molar-refractivity contribution in [2.45, 2.75) is 39.1 Å². The summed E-state index contributed by atoms with van der Waals surface area (Å²) in [4.78, 5) is 8.04. The van der Waals surface area contributed by atoms with Crippen LogP contribution in [0.2, 0.25) is 0 Å². The van der Waals surface area contributed by atoms with E-state index in [1.165, 1.54) is 36.7 Å². The summed E-state index contributed by atoms with van der Waals surface area (Å²) in [5.41, 5.74) is 17.5. The van der Waals surface area contributed by atoms with E-state index in [-0.39, 0.29) is 23.6 Å². The van der Waals surface area contributed by atoms with Gasteiger partial charge in [0.25, 0.3) is 0 Å². The normalized spacial score (nSPS) is 9.66. The molecular weight excluding hydrogens is 435 g/mol. The first-order valence-electron chi connectivity index (χ1n) is 9.97. The number of pyridine rings is 2. The summed E-state index contributed by atoms with van der Waals surface area (Å²) in [7, 11) is 0. The van der Waals surface area contributed by atoms with Gasteiger partial charge in [-0.15, -0.1) is 12.6 Å². The Balaban J connectivity index is 0.000000666. The Morgan fingerprint density at radius 3 is 2.12 bits per heavy atom. The summed E-state index contributed by atoms with van der Waals surface area (Å²) in [6.07, 6.45) is 6.93. The number of nitrogen functional groups attached to an aromatic ring is 2. The number of hydrogen-bond donors (Lipinski definition) is 4. The number of anilines is 2. The largest absolute Gasteiger partial charge is 0.396 e. The van der Waals surface area contributed by atoms with Crippen LogP contribution in [0.4, 0.5) is 24.7 Å². The Bertz CT molecular complexity index is 980. The number of hydrogen-bond acceptors (Lipinski definition) is 6. The van der Waals surface area contributed by atoms with Gasteiger partial charge in [-0.1, -0.05) is 33.8 Å². The molecule has 0 atom stereocenters. The second-order valence-electron chi connectivity index (χ2n) is 5.58. The van der Waals surface area contributed by atoms with Crippen molar-refractivity contribution in [2.24, 2.45) is 5.73 Å². The van der Waals surface area contributed by atoms with Gasteiger partial charge in [0.15, 0.2) is 5.82 Å². The fourth-order valence-corrected chi connectivity index (χ4v) is 2.30. The van der Waals surface area contributed by atoms with Crippen LogP contribution < -0.4 is 17.2 Å².